The molecule has 6 heteroatoms. The van der Waals surface area contributed by atoms with Gasteiger partial charge >= 0.3 is 0 Å². The van der Waals surface area contributed by atoms with Crippen molar-refractivity contribution in [3.63, 3.8) is 0 Å². The minimum atomic E-state index is -0.408. The molecule has 0 unspecified atom stereocenters. The summed E-state index contributed by atoms with van der Waals surface area (Å²) >= 11 is 0. The van der Waals surface area contributed by atoms with Gasteiger partial charge in [-0.05, 0) is 32.9 Å². The number of aryl methyl sites for hydroxylation is 1. The Morgan fingerprint density at radius 3 is 2.67 bits per heavy atom. The molecular formula is C15H19N3O3. The second kappa shape index (κ2) is 6.05. The Bertz CT molecular complexity index is 671. The van der Waals surface area contributed by atoms with Gasteiger partial charge in [0.15, 0.2) is 0 Å². The number of rotatable bonds is 5. The molecule has 0 aliphatic rings. The van der Waals surface area contributed by atoms with Crippen molar-refractivity contribution in [1.29, 1.82) is 0 Å². The van der Waals surface area contributed by atoms with E-state index in [1.165, 1.54) is 6.07 Å². The SMILES string of the molecule is Cc1cc(N(CCO)C(C)C)c2cc([N+](=O)[O-])ccc2n1. The van der Waals surface area contributed by atoms with Gasteiger partial charge in [-0.2, -0.15) is 0 Å². The van der Waals surface area contributed by atoms with Crippen LogP contribution in [0, 0.1) is 17.0 Å². The van der Waals surface area contributed by atoms with Crippen molar-refractivity contribution in [1.82, 2.24) is 4.98 Å². The molecule has 1 N–H and O–H groups in total. The highest BCUT2D eigenvalue weighted by molar-refractivity contribution is 5.93. The van der Waals surface area contributed by atoms with Crippen LogP contribution in [0.25, 0.3) is 10.9 Å². The van der Waals surface area contributed by atoms with Crippen LogP contribution in [0.5, 0.6) is 0 Å². The van der Waals surface area contributed by atoms with Crippen LogP contribution in [0.2, 0.25) is 0 Å². The van der Waals surface area contributed by atoms with Crippen LogP contribution in [0.1, 0.15) is 19.5 Å². The number of nitro benzene ring substituents is 1. The molecule has 0 atom stereocenters. The van der Waals surface area contributed by atoms with Crippen molar-refractivity contribution in [3.05, 3.63) is 40.1 Å². The summed E-state index contributed by atoms with van der Waals surface area (Å²) < 4.78 is 0. The van der Waals surface area contributed by atoms with Crippen LogP contribution in [-0.2, 0) is 0 Å². The Hall–Kier alpha value is -2.21. The smallest absolute Gasteiger partial charge is 0.270 e. The lowest BCUT2D eigenvalue weighted by Gasteiger charge is -2.29. The first-order chi connectivity index (χ1) is 9.93. The van der Waals surface area contributed by atoms with E-state index in [1.807, 2.05) is 31.7 Å². The molecule has 21 heavy (non-hydrogen) atoms. The minimum absolute atomic E-state index is 0.0238. The molecule has 1 heterocycles. The van der Waals surface area contributed by atoms with Gasteiger partial charge in [0.25, 0.3) is 5.69 Å². The maximum absolute atomic E-state index is 11.0. The molecule has 0 saturated heterocycles. The zero-order valence-electron chi connectivity index (χ0n) is 12.4. The second-order valence-electron chi connectivity index (χ2n) is 5.25. The van der Waals surface area contributed by atoms with Gasteiger partial charge in [-0.1, -0.05) is 0 Å². The zero-order chi connectivity index (χ0) is 15.6. The molecule has 6 nitrogen and oxygen atoms in total. The van der Waals surface area contributed by atoms with Crippen LogP contribution in [0.15, 0.2) is 24.3 Å². The number of non-ortho nitro benzene ring substituents is 1. The molecule has 2 rings (SSSR count). The monoisotopic (exact) mass is 289 g/mol. The molecule has 0 saturated carbocycles. The van der Waals surface area contributed by atoms with Gasteiger partial charge in [0, 0.05) is 41.5 Å². The average Bonchev–Trinajstić information content (AvgIpc) is 2.43. The van der Waals surface area contributed by atoms with E-state index >= 15 is 0 Å². The standard InChI is InChI=1S/C15H19N3O3/c1-10(2)17(6-7-19)15-8-11(3)16-14-5-4-12(18(20)21)9-13(14)15/h4-5,8-10,19H,6-7H2,1-3H3. The third-order valence-electron chi connectivity index (χ3n) is 3.38. The molecule has 0 bridgehead atoms. The largest absolute Gasteiger partial charge is 0.395 e. The van der Waals surface area contributed by atoms with Crippen LogP contribution in [0.3, 0.4) is 0 Å². The van der Waals surface area contributed by atoms with Gasteiger partial charge in [0.2, 0.25) is 0 Å². The van der Waals surface area contributed by atoms with Crippen molar-refractivity contribution in [2.24, 2.45) is 0 Å². The molecule has 0 aliphatic carbocycles. The number of anilines is 1. The molecule has 0 amide bonds. The highest BCUT2D eigenvalue weighted by atomic mass is 16.6. The summed E-state index contributed by atoms with van der Waals surface area (Å²) in [6.45, 7) is 6.43. The molecule has 2 aromatic rings. The van der Waals surface area contributed by atoms with Crippen molar-refractivity contribution < 1.29 is 10.0 Å². The summed E-state index contributed by atoms with van der Waals surface area (Å²) in [5.74, 6) is 0. The Labute approximate surface area is 123 Å². The van der Waals surface area contributed by atoms with Crippen molar-refractivity contribution >= 4 is 22.3 Å². The third-order valence-corrected chi connectivity index (χ3v) is 3.38. The maximum atomic E-state index is 11.0. The number of hydrogen-bond donors (Lipinski definition) is 1. The highest BCUT2D eigenvalue weighted by Crippen LogP contribution is 2.30. The van der Waals surface area contributed by atoms with Crippen LogP contribution in [-0.4, -0.2) is 34.2 Å². The Morgan fingerprint density at radius 1 is 1.38 bits per heavy atom. The van der Waals surface area contributed by atoms with E-state index in [0.717, 1.165) is 22.3 Å². The maximum Gasteiger partial charge on any atom is 0.270 e. The predicted molar refractivity (Wildman–Crippen MR) is 82.7 cm³/mol. The lowest BCUT2D eigenvalue weighted by atomic mass is 10.1. The first-order valence-corrected chi connectivity index (χ1v) is 6.87. The summed E-state index contributed by atoms with van der Waals surface area (Å²) in [6, 6.07) is 6.75. The van der Waals surface area contributed by atoms with E-state index in [0.29, 0.717) is 6.54 Å². The second-order valence-corrected chi connectivity index (χ2v) is 5.25. The quantitative estimate of drug-likeness (QED) is 0.676. The topological polar surface area (TPSA) is 79.5 Å². The molecular weight excluding hydrogens is 270 g/mol. The zero-order valence-corrected chi connectivity index (χ0v) is 12.4. The van der Waals surface area contributed by atoms with Gasteiger partial charge < -0.3 is 10.0 Å². The summed E-state index contributed by atoms with van der Waals surface area (Å²) in [6.07, 6.45) is 0. The van der Waals surface area contributed by atoms with Gasteiger partial charge in [-0.25, -0.2) is 0 Å². The number of hydrogen-bond acceptors (Lipinski definition) is 5. The number of aromatic nitrogens is 1. The van der Waals surface area contributed by atoms with E-state index in [2.05, 4.69) is 4.98 Å². The van der Waals surface area contributed by atoms with Crippen LogP contribution in [0.4, 0.5) is 11.4 Å². The highest BCUT2D eigenvalue weighted by Gasteiger charge is 2.17. The minimum Gasteiger partial charge on any atom is -0.395 e. The normalized spacial score (nSPS) is 11.1. The molecule has 0 aliphatic heterocycles. The number of nitrogens with zero attached hydrogens (tertiary/aromatic N) is 3. The van der Waals surface area contributed by atoms with Crippen molar-refractivity contribution in [3.8, 4) is 0 Å². The fourth-order valence-corrected chi connectivity index (χ4v) is 2.44. The lowest BCUT2D eigenvalue weighted by Crippen LogP contribution is -2.33. The van der Waals surface area contributed by atoms with Gasteiger partial charge in [0.1, 0.15) is 0 Å². The van der Waals surface area contributed by atoms with Gasteiger partial charge in [-0.3, -0.25) is 15.1 Å². The van der Waals surface area contributed by atoms with E-state index in [4.69, 9.17) is 0 Å². The molecule has 0 spiro atoms. The van der Waals surface area contributed by atoms with Crippen molar-refractivity contribution in [2.45, 2.75) is 26.8 Å². The lowest BCUT2D eigenvalue weighted by molar-refractivity contribution is -0.384. The first-order valence-electron chi connectivity index (χ1n) is 6.87. The summed E-state index contributed by atoms with van der Waals surface area (Å²) in [5.41, 5.74) is 2.47. The van der Waals surface area contributed by atoms with E-state index < -0.39 is 4.92 Å². The predicted octanol–water partition coefficient (Wildman–Crippen LogP) is 2.66. The fraction of sp³-hybridized carbons (Fsp3) is 0.400. The number of fused-ring (bicyclic) bond motifs is 1. The average molecular weight is 289 g/mol. The molecule has 112 valence electrons. The van der Waals surface area contributed by atoms with E-state index in [9.17, 15) is 15.2 Å². The summed E-state index contributed by atoms with van der Waals surface area (Å²) in [7, 11) is 0. The summed E-state index contributed by atoms with van der Waals surface area (Å²) in [4.78, 5) is 17.0. The molecule has 1 aromatic heterocycles. The summed E-state index contributed by atoms with van der Waals surface area (Å²) in [5, 5.41) is 21.0. The van der Waals surface area contributed by atoms with Crippen LogP contribution < -0.4 is 4.90 Å². The van der Waals surface area contributed by atoms with Gasteiger partial charge in [0.05, 0.1) is 17.0 Å². The Balaban J connectivity index is 2.69. The Morgan fingerprint density at radius 2 is 2.10 bits per heavy atom. The van der Waals surface area contributed by atoms with Gasteiger partial charge in [-0.15, -0.1) is 0 Å². The fourth-order valence-electron chi connectivity index (χ4n) is 2.44. The van der Waals surface area contributed by atoms with E-state index in [1.54, 1.807) is 12.1 Å². The number of nitro groups is 1. The first kappa shape index (κ1) is 15.2. The number of aliphatic hydroxyl groups is 1. The number of aliphatic hydroxyl groups excluding tert-OH is 1. The molecule has 1 aromatic carbocycles. The third kappa shape index (κ3) is 3.11. The molecule has 0 radical (unpaired) electrons. The number of benzene rings is 1. The number of pyridine rings is 1. The van der Waals surface area contributed by atoms with E-state index in [-0.39, 0.29) is 18.3 Å². The van der Waals surface area contributed by atoms with Crippen molar-refractivity contribution in [2.75, 3.05) is 18.1 Å². The Kier molecular flexibility index (Phi) is 4.37. The van der Waals surface area contributed by atoms with Crippen LogP contribution >= 0.6 is 0 Å². The molecule has 0 fully saturated rings.